The second-order valence-electron chi connectivity index (χ2n) is 4.51. The normalized spacial score (nSPS) is 11.2. The van der Waals surface area contributed by atoms with Gasteiger partial charge in [0.15, 0.2) is 0 Å². The van der Waals surface area contributed by atoms with Gasteiger partial charge in [0.05, 0.1) is 12.7 Å². The SMILES string of the molecule is CCCCCC[n+]1ccn2ccccc21.F[B-](F)(F)F. The molecule has 0 aliphatic carbocycles. The number of imidazole rings is 1. The van der Waals surface area contributed by atoms with Gasteiger partial charge < -0.3 is 17.3 Å². The van der Waals surface area contributed by atoms with E-state index < -0.39 is 7.25 Å². The summed E-state index contributed by atoms with van der Waals surface area (Å²) < 4.78 is 43.5. The van der Waals surface area contributed by atoms with Gasteiger partial charge in [-0.1, -0.05) is 25.8 Å². The molecule has 0 bridgehead atoms. The van der Waals surface area contributed by atoms with Crippen LogP contribution < -0.4 is 4.57 Å². The predicted octanol–water partition coefficient (Wildman–Crippen LogP) is 4.11. The third kappa shape index (κ3) is 6.59. The monoisotopic (exact) mass is 290 g/mol. The molecule has 0 aromatic carbocycles. The molecule has 0 aliphatic heterocycles. The summed E-state index contributed by atoms with van der Waals surface area (Å²) in [4.78, 5) is 0. The number of unbranched alkanes of at least 4 members (excludes halogenated alkanes) is 3. The topological polar surface area (TPSA) is 8.29 Å². The molecule has 0 spiro atoms. The van der Waals surface area contributed by atoms with Crippen molar-refractivity contribution in [2.45, 2.75) is 39.2 Å². The van der Waals surface area contributed by atoms with Gasteiger partial charge in [0.25, 0.3) is 5.65 Å². The van der Waals surface area contributed by atoms with Crippen molar-refractivity contribution in [3.05, 3.63) is 36.8 Å². The summed E-state index contributed by atoms with van der Waals surface area (Å²) in [6.07, 6.45) is 11.7. The number of hydrogen-bond donors (Lipinski definition) is 0. The molecule has 0 aliphatic rings. The second-order valence-corrected chi connectivity index (χ2v) is 4.51. The quantitative estimate of drug-likeness (QED) is 0.339. The molecule has 2 aromatic rings. The molecule has 2 heterocycles. The summed E-state index contributed by atoms with van der Waals surface area (Å²) in [5.74, 6) is 0. The Morgan fingerprint density at radius 3 is 2.40 bits per heavy atom. The number of aromatic nitrogens is 2. The Bertz CT molecular complexity index is 504. The third-order valence-electron chi connectivity index (χ3n) is 2.82. The smallest absolute Gasteiger partial charge is 0.418 e. The van der Waals surface area contributed by atoms with Crippen molar-refractivity contribution >= 4 is 12.9 Å². The molecule has 112 valence electrons. The molecular formula is C13H19BF4N2. The molecule has 2 aromatic heterocycles. The maximum atomic E-state index is 9.75. The molecule has 0 saturated carbocycles. The van der Waals surface area contributed by atoms with Crippen LogP contribution in [0.25, 0.3) is 5.65 Å². The number of hydrogen-bond acceptors (Lipinski definition) is 0. The Morgan fingerprint density at radius 1 is 1.05 bits per heavy atom. The minimum Gasteiger partial charge on any atom is -0.418 e. The fourth-order valence-electron chi connectivity index (χ4n) is 1.94. The standard InChI is InChI=1S/C13H19N2.BF4/c1-2-3-4-6-9-14-11-12-15-10-7-5-8-13(14)15;2-1(3,4)5/h5,7-8,10-12H,2-4,6,9H2,1H3;/q+1;-1. The van der Waals surface area contributed by atoms with Gasteiger partial charge >= 0.3 is 7.25 Å². The molecule has 0 fully saturated rings. The van der Waals surface area contributed by atoms with E-state index in [4.69, 9.17) is 0 Å². The Kier molecular flexibility index (Phi) is 6.54. The van der Waals surface area contributed by atoms with E-state index in [0.717, 1.165) is 6.54 Å². The second kappa shape index (κ2) is 7.92. The number of nitrogens with zero attached hydrogens (tertiary/aromatic N) is 2. The van der Waals surface area contributed by atoms with Crippen molar-refractivity contribution in [3.8, 4) is 0 Å². The zero-order valence-electron chi connectivity index (χ0n) is 11.5. The van der Waals surface area contributed by atoms with Crippen LogP contribution in [-0.4, -0.2) is 11.7 Å². The number of rotatable bonds is 5. The fraction of sp³-hybridized carbons (Fsp3) is 0.462. The summed E-state index contributed by atoms with van der Waals surface area (Å²) in [6.45, 7) is 3.39. The minimum absolute atomic E-state index is 1.14. The van der Waals surface area contributed by atoms with E-state index in [-0.39, 0.29) is 0 Å². The van der Waals surface area contributed by atoms with Gasteiger partial charge in [-0.2, -0.15) is 0 Å². The van der Waals surface area contributed by atoms with Crippen LogP contribution in [0.4, 0.5) is 17.3 Å². The van der Waals surface area contributed by atoms with E-state index in [1.165, 1.54) is 31.3 Å². The molecule has 2 rings (SSSR count). The summed E-state index contributed by atoms with van der Waals surface area (Å²) in [5, 5.41) is 0. The van der Waals surface area contributed by atoms with E-state index in [0.29, 0.717) is 0 Å². The highest BCUT2D eigenvalue weighted by Crippen LogP contribution is 2.06. The highest BCUT2D eigenvalue weighted by atomic mass is 19.5. The van der Waals surface area contributed by atoms with E-state index in [1.54, 1.807) is 0 Å². The minimum atomic E-state index is -6.00. The molecule has 20 heavy (non-hydrogen) atoms. The van der Waals surface area contributed by atoms with Crippen molar-refractivity contribution in [3.63, 3.8) is 0 Å². The maximum Gasteiger partial charge on any atom is 0.673 e. The van der Waals surface area contributed by atoms with Crippen molar-refractivity contribution in [2.24, 2.45) is 0 Å². The van der Waals surface area contributed by atoms with Crippen LogP contribution in [0, 0.1) is 0 Å². The van der Waals surface area contributed by atoms with Crippen LogP contribution in [0.2, 0.25) is 0 Å². The lowest BCUT2D eigenvalue weighted by molar-refractivity contribution is -0.671. The first-order valence-corrected chi connectivity index (χ1v) is 6.74. The first-order chi connectivity index (χ1) is 9.42. The average molecular weight is 290 g/mol. The van der Waals surface area contributed by atoms with E-state index in [2.05, 4.69) is 52.7 Å². The van der Waals surface area contributed by atoms with Gasteiger partial charge in [-0.25, -0.2) is 8.97 Å². The van der Waals surface area contributed by atoms with Gasteiger partial charge in [-0.3, -0.25) is 0 Å². The average Bonchev–Trinajstić information content (AvgIpc) is 2.76. The maximum absolute atomic E-state index is 9.75. The lowest BCUT2D eigenvalue weighted by atomic mass is 10.2. The van der Waals surface area contributed by atoms with Crippen LogP contribution in [0.15, 0.2) is 36.8 Å². The molecular weight excluding hydrogens is 271 g/mol. The molecule has 0 atom stereocenters. The number of halogens is 4. The van der Waals surface area contributed by atoms with Crippen molar-refractivity contribution in [1.82, 2.24) is 4.40 Å². The van der Waals surface area contributed by atoms with Crippen LogP contribution in [0.5, 0.6) is 0 Å². The summed E-state index contributed by atoms with van der Waals surface area (Å²) in [5.41, 5.74) is 1.29. The highest BCUT2D eigenvalue weighted by Gasteiger charge is 2.20. The van der Waals surface area contributed by atoms with Crippen LogP contribution in [0.3, 0.4) is 0 Å². The summed E-state index contributed by atoms with van der Waals surface area (Å²) in [6, 6.07) is 6.33. The fourth-order valence-corrected chi connectivity index (χ4v) is 1.94. The van der Waals surface area contributed by atoms with E-state index >= 15 is 0 Å². The predicted molar refractivity (Wildman–Crippen MR) is 71.9 cm³/mol. The largest absolute Gasteiger partial charge is 0.673 e. The van der Waals surface area contributed by atoms with Gasteiger partial charge in [-0.05, 0) is 18.9 Å². The van der Waals surface area contributed by atoms with Crippen molar-refractivity contribution in [2.75, 3.05) is 0 Å². The Labute approximate surface area is 116 Å². The molecule has 0 radical (unpaired) electrons. The van der Waals surface area contributed by atoms with Crippen molar-refractivity contribution < 1.29 is 21.8 Å². The summed E-state index contributed by atoms with van der Waals surface area (Å²) in [7, 11) is -6.00. The molecule has 0 N–H and O–H groups in total. The zero-order valence-corrected chi connectivity index (χ0v) is 11.5. The molecule has 0 amide bonds. The lowest BCUT2D eigenvalue weighted by Gasteiger charge is -1.97. The lowest BCUT2D eigenvalue weighted by Crippen LogP contribution is -2.32. The Morgan fingerprint density at radius 2 is 1.75 bits per heavy atom. The third-order valence-corrected chi connectivity index (χ3v) is 2.82. The van der Waals surface area contributed by atoms with Crippen LogP contribution >= 0.6 is 0 Å². The van der Waals surface area contributed by atoms with Crippen molar-refractivity contribution in [1.29, 1.82) is 0 Å². The van der Waals surface area contributed by atoms with Gasteiger partial charge in [0.1, 0.15) is 12.4 Å². The van der Waals surface area contributed by atoms with Gasteiger partial charge in [-0.15, -0.1) is 0 Å². The zero-order chi connectivity index (χ0) is 15.0. The van der Waals surface area contributed by atoms with Crippen LogP contribution in [-0.2, 0) is 6.54 Å². The van der Waals surface area contributed by atoms with Gasteiger partial charge in [0, 0.05) is 6.07 Å². The molecule has 0 saturated heterocycles. The molecule has 7 heteroatoms. The Hall–Kier alpha value is -1.53. The summed E-state index contributed by atoms with van der Waals surface area (Å²) >= 11 is 0. The first-order valence-electron chi connectivity index (χ1n) is 6.74. The van der Waals surface area contributed by atoms with E-state index in [9.17, 15) is 17.3 Å². The molecule has 2 nitrogen and oxygen atoms in total. The number of fused-ring (bicyclic) bond motifs is 1. The first kappa shape index (κ1) is 16.5. The number of pyridine rings is 1. The van der Waals surface area contributed by atoms with Crippen LogP contribution in [0.1, 0.15) is 32.6 Å². The van der Waals surface area contributed by atoms with Gasteiger partial charge in [0.2, 0.25) is 0 Å². The molecule has 0 unspecified atom stereocenters. The highest BCUT2D eigenvalue weighted by molar-refractivity contribution is 6.50. The Balaban J connectivity index is 0.000000347. The number of aryl methyl sites for hydroxylation is 1. The van der Waals surface area contributed by atoms with E-state index in [1.807, 2.05) is 0 Å².